The van der Waals surface area contributed by atoms with E-state index in [0.717, 1.165) is 4.83 Å². The number of alkyl halides is 3. The summed E-state index contributed by atoms with van der Waals surface area (Å²) >= 11 is 4.06. The predicted octanol–water partition coefficient (Wildman–Crippen LogP) is -0.826. The minimum Gasteiger partial charge on any atom is -0.375 e. The topological polar surface area (TPSA) is 84.2 Å². The lowest BCUT2D eigenvalue weighted by Gasteiger charge is -2.09. The second-order valence-electron chi connectivity index (χ2n) is 1.54. The maximum Gasteiger partial charge on any atom is 0.513 e. The number of hydrogen-bond donors (Lipinski definition) is 3. The van der Waals surface area contributed by atoms with E-state index < -0.39 is 20.6 Å². The van der Waals surface area contributed by atoms with Gasteiger partial charge in [-0.15, -0.1) is 4.83 Å². The second kappa shape index (κ2) is 3.41. The van der Waals surface area contributed by atoms with Gasteiger partial charge in [0.05, 0.1) is 0 Å². The Morgan fingerprint density at radius 3 is 2.08 bits per heavy atom. The van der Waals surface area contributed by atoms with Crippen LogP contribution in [-0.4, -0.2) is 19.0 Å². The molecule has 0 aromatic heterocycles. The van der Waals surface area contributed by atoms with Crippen LogP contribution in [0.15, 0.2) is 0 Å². The summed E-state index contributed by atoms with van der Waals surface area (Å²) in [4.78, 5) is 0.929. The summed E-state index contributed by atoms with van der Waals surface area (Å²) in [5.41, 5.74) is 0.728. The standard InChI is InChI=1S/C2H4F3N3O2S2/c3-2(4,5)12(9,10)8-7-1(6)11/h8H,(H3,6,7,11). The van der Waals surface area contributed by atoms with Crippen molar-refractivity contribution in [3.63, 3.8) is 0 Å². The summed E-state index contributed by atoms with van der Waals surface area (Å²) in [7, 11) is -5.42. The normalized spacial score (nSPS) is 12.6. The fraction of sp³-hybridized carbons (Fsp3) is 0.500. The van der Waals surface area contributed by atoms with Crippen molar-refractivity contribution in [2.75, 3.05) is 0 Å². The van der Waals surface area contributed by atoms with Gasteiger partial charge >= 0.3 is 15.5 Å². The molecule has 0 heterocycles. The van der Waals surface area contributed by atoms with Crippen LogP contribution in [0.3, 0.4) is 0 Å². The molecule has 0 aliphatic carbocycles. The van der Waals surface area contributed by atoms with Gasteiger partial charge in [0, 0.05) is 0 Å². The van der Waals surface area contributed by atoms with Crippen LogP contribution in [0.25, 0.3) is 0 Å². The first kappa shape index (κ1) is 11.4. The maximum atomic E-state index is 11.5. The van der Waals surface area contributed by atoms with Gasteiger partial charge in [0.25, 0.3) is 0 Å². The van der Waals surface area contributed by atoms with E-state index in [-0.39, 0.29) is 0 Å². The maximum absolute atomic E-state index is 11.5. The Labute approximate surface area is 71.1 Å². The molecular formula is C2H4F3N3O2S2. The van der Waals surface area contributed by atoms with Crippen molar-refractivity contribution >= 4 is 27.4 Å². The minimum absolute atomic E-state index is 0.608. The molecule has 0 atom stereocenters. The number of thiocarbonyl (C=S) groups is 1. The molecule has 4 N–H and O–H groups in total. The lowest BCUT2D eigenvalue weighted by atomic mass is 11.2. The highest BCUT2D eigenvalue weighted by molar-refractivity contribution is 7.90. The molecule has 0 radical (unpaired) electrons. The Balaban J connectivity index is 4.37. The van der Waals surface area contributed by atoms with Crippen LogP contribution in [0.4, 0.5) is 13.2 Å². The molecule has 5 nitrogen and oxygen atoms in total. The van der Waals surface area contributed by atoms with Gasteiger partial charge in [0.2, 0.25) is 0 Å². The molecule has 72 valence electrons. The van der Waals surface area contributed by atoms with E-state index in [4.69, 9.17) is 0 Å². The van der Waals surface area contributed by atoms with E-state index in [1.165, 1.54) is 5.43 Å². The molecule has 0 rings (SSSR count). The highest BCUT2D eigenvalue weighted by Crippen LogP contribution is 2.20. The molecule has 0 aromatic carbocycles. The van der Waals surface area contributed by atoms with Gasteiger partial charge < -0.3 is 5.73 Å². The van der Waals surface area contributed by atoms with Crippen LogP contribution < -0.4 is 16.0 Å². The van der Waals surface area contributed by atoms with Crippen LogP contribution in [0.2, 0.25) is 0 Å². The lowest BCUT2D eigenvalue weighted by Crippen LogP contribution is -2.49. The monoisotopic (exact) mass is 223 g/mol. The van der Waals surface area contributed by atoms with Gasteiger partial charge in [-0.05, 0) is 12.2 Å². The summed E-state index contributed by atoms with van der Waals surface area (Å²) in [6.07, 6.45) is 0. The first-order valence-electron chi connectivity index (χ1n) is 2.30. The van der Waals surface area contributed by atoms with E-state index in [0.29, 0.717) is 0 Å². The molecule has 12 heavy (non-hydrogen) atoms. The number of nitrogens with one attached hydrogen (secondary N) is 2. The summed E-state index contributed by atoms with van der Waals surface area (Å²) in [5.74, 6) is 0. The summed E-state index contributed by atoms with van der Waals surface area (Å²) in [6.45, 7) is 0. The van der Waals surface area contributed by atoms with Gasteiger partial charge in [0.15, 0.2) is 5.11 Å². The third kappa shape index (κ3) is 3.19. The van der Waals surface area contributed by atoms with Crippen LogP contribution in [0.5, 0.6) is 0 Å². The fourth-order valence-corrected chi connectivity index (χ4v) is 0.651. The number of hydrazine groups is 1. The fourth-order valence-electron chi connectivity index (χ4n) is 0.175. The van der Waals surface area contributed by atoms with Gasteiger partial charge in [-0.2, -0.15) is 13.2 Å². The van der Waals surface area contributed by atoms with Crippen LogP contribution in [0, 0.1) is 0 Å². The molecule has 10 heteroatoms. The van der Waals surface area contributed by atoms with Crippen molar-refractivity contribution in [1.29, 1.82) is 0 Å². The minimum atomic E-state index is -5.42. The summed E-state index contributed by atoms with van der Waals surface area (Å²) in [5, 5.41) is -0.608. The van der Waals surface area contributed by atoms with Gasteiger partial charge in [-0.1, -0.05) is 0 Å². The van der Waals surface area contributed by atoms with E-state index in [9.17, 15) is 21.6 Å². The molecule has 0 spiro atoms. The Kier molecular flexibility index (Phi) is 3.24. The zero-order valence-electron chi connectivity index (χ0n) is 5.34. The Morgan fingerprint density at radius 1 is 1.42 bits per heavy atom. The van der Waals surface area contributed by atoms with Crippen LogP contribution in [0.1, 0.15) is 0 Å². The van der Waals surface area contributed by atoms with E-state index in [1.54, 1.807) is 0 Å². The molecule has 0 aromatic rings. The lowest BCUT2D eigenvalue weighted by molar-refractivity contribution is -0.0449. The molecule has 0 saturated heterocycles. The Morgan fingerprint density at radius 2 is 1.83 bits per heavy atom. The van der Waals surface area contributed by atoms with Crippen molar-refractivity contribution in [3.05, 3.63) is 0 Å². The van der Waals surface area contributed by atoms with Crippen molar-refractivity contribution in [2.45, 2.75) is 5.51 Å². The largest absolute Gasteiger partial charge is 0.513 e. The first-order valence-corrected chi connectivity index (χ1v) is 4.19. The highest BCUT2D eigenvalue weighted by atomic mass is 32.2. The third-order valence-electron chi connectivity index (χ3n) is 0.613. The van der Waals surface area contributed by atoms with Crippen LogP contribution >= 0.6 is 12.2 Å². The molecule has 0 saturated carbocycles. The predicted molar refractivity (Wildman–Crippen MR) is 38.0 cm³/mol. The molecule has 0 amide bonds. The molecular weight excluding hydrogens is 219 g/mol. The van der Waals surface area contributed by atoms with E-state index in [2.05, 4.69) is 18.0 Å². The highest BCUT2D eigenvalue weighted by Gasteiger charge is 2.45. The van der Waals surface area contributed by atoms with E-state index in [1.807, 2.05) is 0 Å². The van der Waals surface area contributed by atoms with Crippen molar-refractivity contribution in [3.8, 4) is 0 Å². The average Bonchev–Trinajstić information content (AvgIpc) is 1.81. The van der Waals surface area contributed by atoms with Gasteiger partial charge in [-0.3, -0.25) is 5.43 Å². The Hall–Kier alpha value is -0.610. The van der Waals surface area contributed by atoms with Crippen molar-refractivity contribution < 1.29 is 21.6 Å². The second-order valence-corrected chi connectivity index (χ2v) is 3.65. The third-order valence-corrected chi connectivity index (χ3v) is 1.70. The SMILES string of the molecule is NC(=S)NNS(=O)(=O)C(F)(F)F. The average molecular weight is 223 g/mol. The van der Waals surface area contributed by atoms with Gasteiger partial charge in [0.1, 0.15) is 0 Å². The zero-order chi connectivity index (χ0) is 9.99. The number of sulfonamides is 1. The van der Waals surface area contributed by atoms with E-state index >= 15 is 0 Å². The number of nitrogens with two attached hydrogens (primary N) is 1. The Bertz CT molecular complexity index is 270. The number of halogens is 3. The number of hydrogen-bond acceptors (Lipinski definition) is 3. The summed E-state index contributed by atoms with van der Waals surface area (Å²) in [6, 6.07) is 0. The summed E-state index contributed by atoms with van der Waals surface area (Å²) < 4.78 is 54.8. The van der Waals surface area contributed by atoms with Crippen molar-refractivity contribution in [2.24, 2.45) is 5.73 Å². The van der Waals surface area contributed by atoms with Gasteiger partial charge in [-0.25, -0.2) is 8.42 Å². The molecule has 0 fully saturated rings. The molecule has 0 bridgehead atoms. The molecule has 0 unspecified atom stereocenters. The first-order chi connectivity index (χ1) is 5.17. The quantitative estimate of drug-likeness (QED) is 0.420. The zero-order valence-corrected chi connectivity index (χ0v) is 6.98. The number of rotatable bonds is 2. The van der Waals surface area contributed by atoms with Crippen LogP contribution in [-0.2, 0) is 10.0 Å². The van der Waals surface area contributed by atoms with Crippen molar-refractivity contribution in [1.82, 2.24) is 10.3 Å². The molecule has 0 aliphatic heterocycles. The molecule has 0 aliphatic rings. The smallest absolute Gasteiger partial charge is 0.375 e.